The number of Topliss-reactive ketones (excluding diaryl/α,β-unsaturated/α-hetero) is 1. The van der Waals surface area contributed by atoms with Gasteiger partial charge >= 0.3 is 5.97 Å². The van der Waals surface area contributed by atoms with E-state index in [2.05, 4.69) is 0 Å². The summed E-state index contributed by atoms with van der Waals surface area (Å²) < 4.78 is 16.3. The molecule has 0 bridgehead atoms. The average Bonchev–Trinajstić information content (AvgIpc) is 3.51. The molecule has 9 nitrogen and oxygen atoms in total. The fourth-order valence-corrected chi connectivity index (χ4v) is 3.61. The predicted molar refractivity (Wildman–Crippen MR) is 119 cm³/mol. The SMILES string of the molecule is CCOC(=O)[C@H]1C=CCN1C(=O)COc1ccccc1OCC(=O)N1CC=C[C@@H]1C(=O)CC. The number of para-hydroxylation sites is 2. The predicted octanol–water partition coefficient (Wildman–Crippen LogP) is 1.52. The molecule has 0 N–H and O–H groups in total. The van der Waals surface area contributed by atoms with Crippen LogP contribution in [-0.4, -0.2) is 78.4 Å². The molecule has 0 spiro atoms. The van der Waals surface area contributed by atoms with Crippen LogP contribution in [0.25, 0.3) is 0 Å². The first-order chi connectivity index (χ1) is 16.0. The van der Waals surface area contributed by atoms with Crippen LogP contribution in [0.2, 0.25) is 0 Å². The van der Waals surface area contributed by atoms with E-state index < -0.39 is 18.1 Å². The molecule has 2 heterocycles. The molecule has 0 unspecified atom stereocenters. The lowest BCUT2D eigenvalue weighted by molar-refractivity contribution is -0.152. The molecule has 3 rings (SSSR count). The van der Waals surface area contributed by atoms with E-state index in [0.29, 0.717) is 31.0 Å². The molecule has 0 fully saturated rings. The number of amides is 2. The van der Waals surface area contributed by atoms with Crippen molar-refractivity contribution in [3.63, 3.8) is 0 Å². The van der Waals surface area contributed by atoms with Crippen molar-refractivity contribution in [2.24, 2.45) is 0 Å². The number of carbonyl (C=O) groups excluding carboxylic acids is 4. The minimum Gasteiger partial charge on any atom is -0.480 e. The molecule has 2 aliphatic heterocycles. The second kappa shape index (κ2) is 11.3. The van der Waals surface area contributed by atoms with Crippen LogP contribution < -0.4 is 9.47 Å². The van der Waals surface area contributed by atoms with Gasteiger partial charge in [0, 0.05) is 19.5 Å². The number of ether oxygens (including phenoxy) is 3. The number of rotatable bonds is 10. The van der Waals surface area contributed by atoms with Gasteiger partial charge in [-0.25, -0.2) is 4.79 Å². The maximum atomic E-state index is 12.6. The molecule has 0 radical (unpaired) electrons. The largest absolute Gasteiger partial charge is 0.480 e. The highest BCUT2D eigenvalue weighted by Gasteiger charge is 2.32. The topological polar surface area (TPSA) is 102 Å². The van der Waals surface area contributed by atoms with Crippen LogP contribution in [0.3, 0.4) is 0 Å². The Bertz CT molecular complexity index is 956. The van der Waals surface area contributed by atoms with Gasteiger partial charge in [0.25, 0.3) is 11.8 Å². The number of carbonyl (C=O) groups is 4. The Morgan fingerprint density at radius 3 is 1.88 bits per heavy atom. The molecule has 0 aromatic heterocycles. The van der Waals surface area contributed by atoms with E-state index in [1.807, 2.05) is 0 Å². The monoisotopic (exact) mass is 456 g/mol. The molecule has 1 aromatic carbocycles. The summed E-state index contributed by atoms with van der Waals surface area (Å²) >= 11 is 0. The smallest absolute Gasteiger partial charge is 0.332 e. The van der Waals surface area contributed by atoms with Crippen molar-refractivity contribution in [1.29, 1.82) is 0 Å². The molecule has 2 aliphatic rings. The van der Waals surface area contributed by atoms with Crippen LogP contribution in [0, 0.1) is 0 Å². The van der Waals surface area contributed by atoms with E-state index in [0.717, 1.165) is 0 Å². The highest BCUT2D eigenvalue weighted by molar-refractivity contribution is 5.92. The maximum Gasteiger partial charge on any atom is 0.332 e. The summed E-state index contributed by atoms with van der Waals surface area (Å²) in [4.78, 5) is 52.2. The summed E-state index contributed by atoms with van der Waals surface area (Å²) in [5.74, 6) is -0.633. The minimum absolute atomic E-state index is 0.0307. The van der Waals surface area contributed by atoms with Crippen LogP contribution in [0.5, 0.6) is 11.5 Å². The highest BCUT2D eigenvalue weighted by atomic mass is 16.5. The fourth-order valence-electron chi connectivity index (χ4n) is 3.61. The molecule has 2 atom stereocenters. The van der Waals surface area contributed by atoms with Gasteiger partial charge in [0.2, 0.25) is 0 Å². The third kappa shape index (κ3) is 5.79. The summed E-state index contributed by atoms with van der Waals surface area (Å²) in [5.41, 5.74) is 0. The van der Waals surface area contributed by atoms with Crippen LogP contribution in [0.1, 0.15) is 20.3 Å². The number of hydrogen-bond acceptors (Lipinski definition) is 7. The van der Waals surface area contributed by atoms with Crippen molar-refractivity contribution < 1.29 is 33.4 Å². The van der Waals surface area contributed by atoms with Gasteiger partial charge < -0.3 is 24.0 Å². The Balaban J connectivity index is 1.56. The number of nitrogens with zero attached hydrogens (tertiary/aromatic N) is 2. The number of esters is 1. The third-order valence-electron chi connectivity index (χ3n) is 5.31. The zero-order valence-electron chi connectivity index (χ0n) is 18.8. The van der Waals surface area contributed by atoms with Crippen molar-refractivity contribution in [1.82, 2.24) is 9.80 Å². The Labute approximate surface area is 192 Å². The van der Waals surface area contributed by atoms with E-state index in [-0.39, 0.29) is 37.4 Å². The van der Waals surface area contributed by atoms with Crippen molar-refractivity contribution in [3.05, 3.63) is 48.6 Å². The summed E-state index contributed by atoms with van der Waals surface area (Å²) in [6.07, 6.45) is 7.21. The van der Waals surface area contributed by atoms with Crippen molar-refractivity contribution in [2.75, 3.05) is 32.9 Å². The van der Waals surface area contributed by atoms with Gasteiger partial charge in [-0.1, -0.05) is 43.4 Å². The van der Waals surface area contributed by atoms with Gasteiger partial charge in [-0.05, 0) is 19.1 Å². The minimum atomic E-state index is -0.766. The van der Waals surface area contributed by atoms with E-state index >= 15 is 0 Å². The zero-order chi connectivity index (χ0) is 23.8. The van der Waals surface area contributed by atoms with Crippen molar-refractivity contribution in [2.45, 2.75) is 32.4 Å². The summed E-state index contributed by atoms with van der Waals surface area (Å²) in [6, 6.07) is 5.36. The van der Waals surface area contributed by atoms with Gasteiger partial charge in [-0.3, -0.25) is 14.4 Å². The summed E-state index contributed by atoms with van der Waals surface area (Å²) in [5, 5.41) is 0. The molecule has 33 heavy (non-hydrogen) atoms. The summed E-state index contributed by atoms with van der Waals surface area (Å²) in [6.45, 7) is 3.76. The Hall–Kier alpha value is -3.62. The Morgan fingerprint density at radius 2 is 1.36 bits per heavy atom. The third-order valence-corrected chi connectivity index (χ3v) is 5.31. The molecule has 1 aromatic rings. The standard InChI is InChI=1S/C24H28N2O7/c1-3-19(27)17-9-7-13-25(17)22(28)15-32-20-11-5-6-12-21(20)33-16-23(29)26-14-8-10-18(26)24(30)31-4-2/h5-12,17-18H,3-4,13-16H2,1-2H3/t17-,18-/m1/s1. The fraction of sp³-hybridized carbons (Fsp3) is 0.417. The van der Waals surface area contributed by atoms with Crippen molar-refractivity contribution >= 4 is 23.6 Å². The normalized spacial score (nSPS) is 19.0. The second-order valence-electron chi connectivity index (χ2n) is 7.43. The molecule has 0 saturated carbocycles. The van der Waals surface area contributed by atoms with E-state index in [1.54, 1.807) is 62.4 Å². The quantitative estimate of drug-likeness (QED) is 0.389. The van der Waals surface area contributed by atoms with Crippen LogP contribution in [-0.2, 0) is 23.9 Å². The number of benzene rings is 1. The molecule has 0 saturated heterocycles. The summed E-state index contributed by atoms with van der Waals surface area (Å²) in [7, 11) is 0. The van der Waals surface area contributed by atoms with Gasteiger partial charge in [0.1, 0.15) is 12.1 Å². The van der Waals surface area contributed by atoms with Crippen molar-refractivity contribution in [3.8, 4) is 11.5 Å². The molecule has 9 heteroatoms. The van der Waals surface area contributed by atoms with Crippen LogP contribution >= 0.6 is 0 Å². The van der Waals surface area contributed by atoms with Crippen LogP contribution in [0.4, 0.5) is 0 Å². The molecule has 2 amide bonds. The average molecular weight is 456 g/mol. The first-order valence-corrected chi connectivity index (χ1v) is 10.9. The van der Waals surface area contributed by atoms with E-state index in [4.69, 9.17) is 14.2 Å². The van der Waals surface area contributed by atoms with E-state index in [1.165, 1.54) is 9.80 Å². The Morgan fingerprint density at radius 1 is 0.848 bits per heavy atom. The first-order valence-electron chi connectivity index (χ1n) is 10.9. The molecule has 176 valence electrons. The zero-order valence-corrected chi connectivity index (χ0v) is 18.8. The van der Waals surface area contributed by atoms with Gasteiger partial charge in [-0.2, -0.15) is 0 Å². The van der Waals surface area contributed by atoms with Crippen LogP contribution in [0.15, 0.2) is 48.6 Å². The van der Waals surface area contributed by atoms with Gasteiger partial charge in [0.05, 0.1) is 6.61 Å². The lowest BCUT2D eigenvalue weighted by Gasteiger charge is -2.24. The second-order valence-corrected chi connectivity index (χ2v) is 7.43. The first kappa shape index (κ1) is 24.0. The highest BCUT2D eigenvalue weighted by Crippen LogP contribution is 2.27. The van der Waals surface area contributed by atoms with E-state index in [9.17, 15) is 19.2 Å². The maximum absolute atomic E-state index is 12.6. The Kier molecular flexibility index (Phi) is 8.23. The number of hydrogen-bond donors (Lipinski definition) is 0. The lowest BCUT2D eigenvalue weighted by atomic mass is 10.1. The number of ketones is 1. The molecular formula is C24H28N2O7. The van der Waals surface area contributed by atoms with Gasteiger partial charge in [0.15, 0.2) is 30.5 Å². The van der Waals surface area contributed by atoms with Gasteiger partial charge in [-0.15, -0.1) is 0 Å². The molecular weight excluding hydrogens is 428 g/mol. The lowest BCUT2D eigenvalue weighted by Crippen LogP contribution is -2.44. The molecule has 0 aliphatic carbocycles.